The number of benzene rings is 2. The van der Waals surface area contributed by atoms with E-state index < -0.39 is 11.7 Å². The minimum Gasteiger partial charge on any atom is -0.318 e. The Morgan fingerprint density at radius 2 is 1.95 bits per heavy atom. The van der Waals surface area contributed by atoms with Crippen molar-refractivity contribution in [2.45, 2.75) is 0 Å². The third kappa shape index (κ3) is 3.16. The van der Waals surface area contributed by atoms with E-state index in [1.165, 1.54) is 23.5 Å². The quantitative estimate of drug-likeness (QED) is 0.744. The van der Waals surface area contributed by atoms with E-state index in [9.17, 15) is 9.18 Å². The van der Waals surface area contributed by atoms with Crippen molar-refractivity contribution < 1.29 is 9.18 Å². The number of aromatic nitrogens is 1. The molecule has 0 aliphatic heterocycles. The van der Waals surface area contributed by atoms with Crippen LogP contribution in [-0.2, 0) is 0 Å². The van der Waals surface area contributed by atoms with Crippen LogP contribution in [0.3, 0.4) is 0 Å². The molecule has 22 heavy (non-hydrogen) atoms. The molecule has 3 rings (SSSR count). The number of carbonyl (C=O) groups is 1. The third-order valence-corrected chi connectivity index (χ3v) is 4.06. The Kier molecular flexibility index (Phi) is 4.18. The lowest BCUT2D eigenvalue weighted by molar-refractivity contribution is 0.102. The van der Waals surface area contributed by atoms with Gasteiger partial charge in [-0.15, -0.1) is 11.3 Å². The fourth-order valence-corrected chi connectivity index (χ4v) is 2.83. The molecule has 0 unspecified atom stereocenters. The fourth-order valence-electron chi connectivity index (χ4n) is 1.87. The topological polar surface area (TPSA) is 42.0 Å². The summed E-state index contributed by atoms with van der Waals surface area (Å²) in [6, 6.07) is 13.6. The van der Waals surface area contributed by atoms with Crippen molar-refractivity contribution in [3.05, 3.63) is 70.4 Å². The smallest absolute Gasteiger partial charge is 0.275 e. The van der Waals surface area contributed by atoms with Gasteiger partial charge in [0, 0.05) is 16.0 Å². The predicted octanol–water partition coefficient (Wildman–Crippen LogP) is 4.85. The number of hydrogen-bond acceptors (Lipinski definition) is 3. The molecule has 0 spiro atoms. The van der Waals surface area contributed by atoms with Crippen molar-refractivity contribution in [1.82, 2.24) is 4.98 Å². The summed E-state index contributed by atoms with van der Waals surface area (Å²) in [5.74, 6) is -1.04. The Morgan fingerprint density at radius 3 is 2.68 bits per heavy atom. The van der Waals surface area contributed by atoms with Gasteiger partial charge < -0.3 is 5.32 Å². The second-order valence-electron chi connectivity index (χ2n) is 4.48. The molecule has 6 heteroatoms. The van der Waals surface area contributed by atoms with Crippen LogP contribution in [0.4, 0.5) is 10.1 Å². The van der Waals surface area contributed by atoms with Crippen molar-refractivity contribution in [3.63, 3.8) is 0 Å². The Labute approximate surface area is 135 Å². The van der Waals surface area contributed by atoms with Crippen molar-refractivity contribution in [2.24, 2.45) is 0 Å². The zero-order valence-electron chi connectivity index (χ0n) is 11.2. The van der Waals surface area contributed by atoms with Crippen molar-refractivity contribution in [1.29, 1.82) is 0 Å². The molecule has 0 fully saturated rings. The first kappa shape index (κ1) is 14.7. The number of thiazole rings is 1. The van der Waals surface area contributed by atoms with Gasteiger partial charge in [0.15, 0.2) is 0 Å². The maximum atomic E-state index is 13.7. The van der Waals surface area contributed by atoms with Gasteiger partial charge in [-0.25, -0.2) is 9.37 Å². The van der Waals surface area contributed by atoms with Crippen LogP contribution in [0.5, 0.6) is 0 Å². The van der Waals surface area contributed by atoms with Gasteiger partial charge in [-0.1, -0.05) is 41.9 Å². The molecule has 0 atom stereocenters. The minimum absolute atomic E-state index is 0.0728. The SMILES string of the molecule is O=C(Nc1ccc(Cl)cc1F)c1csc(-c2ccccc2)n1. The van der Waals surface area contributed by atoms with E-state index in [-0.39, 0.29) is 16.4 Å². The maximum absolute atomic E-state index is 13.7. The van der Waals surface area contributed by atoms with E-state index >= 15 is 0 Å². The Morgan fingerprint density at radius 1 is 1.18 bits per heavy atom. The second kappa shape index (κ2) is 6.25. The average Bonchev–Trinajstić information content (AvgIpc) is 3.01. The van der Waals surface area contributed by atoms with Gasteiger partial charge in [-0.3, -0.25) is 4.79 Å². The van der Waals surface area contributed by atoms with E-state index in [2.05, 4.69) is 10.3 Å². The van der Waals surface area contributed by atoms with Gasteiger partial charge in [-0.05, 0) is 18.2 Å². The number of nitrogens with zero attached hydrogens (tertiary/aromatic N) is 1. The molecular formula is C16H10ClFN2OS. The average molecular weight is 333 g/mol. The summed E-state index contributed by atoms with van der Waals surface area (Å²) in [4.78, 5) is 16.4. The van der Waals surface area contributed by atoms with Crippen LogP contribution in [0, 0.1) is 5.82 Å². The first-order valence-electron chi connectivity index (χ1n) is 6.41. The molecule has 0 saturated carbocycles. The van der Waals surface area contributed by atoms with Crippen molar-refractivity contribution >= 4 is 34.5 Å². The van der Waals surface area contributed by atoms with Crippen LogP contribution in [0.1, 0.15) is 10.5 Å². The van der Waals surface area contributed by atoms with Crippen LogP contribution in [0.25, 0.3) is 10.6 Å². The Bertz CT molecular complexity index is 820. The first-order valence-corrected chi connectivity index (χ1v) is 7.66. The molecule has 1 N–H and O–H groups in total. The normalized spacial score (nSPS) is 10.5. The largest absolute Gasteiger partial charge is 0.318 e. The molecule has 1 heterocycles. The third-order valence-electron chi connectivity index (χ3n) is 2.94. The number of amides is 1. The van der Waals surface area contributed by atoms with Crippen LogP contribution in [-0.4, -0.2) is 10.9 Å². The first-order chi connectivity index (χ1) is 10.6. The van der Waals surface area contributed by atoms with Crippen LogP contribution in [0.2, 0.25) is 5.02 Å². The van der Waals surface area contributed by atoms with Gasteiger partial charge >= 0.3 is 0 Å². The number of rotatable bonds is 3. The summed E-state index contributed by atoms with van der Waals surface area (Å²) in [6.07, 6.45) is 0. The molecule has 0 saturated heterocycles. The number of nitrogens with one attached hydrogen (secondary N) is 1. The molecule has 1 amide bonds. The van der Waals surface area contributed by atoms with Crippen LogP contribution >= 0.6 is 22.9 Å². The van der Waals surface area contributed by atoms with Gasteiger partial charge in [-0.2, -0.15) is 0 Å². The molecule has 3 aromatic rings. The molecular weight excluding hydrogens is 323 g/mol. The highest BCUT2D eigenvalue weighted by atomic mass is 35.5. The van der Waals surface area contributed by atoms with E-state index in [0.29, 0.717) is 0 Å². The van der Waals surface area contributed by atoms with Gasteiger partial charge in [0.05, 0.1) is 5.69 Å². The lowest BCUT2D eigenvalue weighted by atomic mass is 10.2. The minimum atomic E-state index is -0.584. The Balaban J connectivity index is 1.80. The van der Waals surface area contributed by atoms with Gasteiger partial charge in [0.1, 0.15) is 16.5 Å². The zero-order chi connectivity index (χ0) is 15.5. The van der Waals surface area contributed by atoms with Crippen molar-refractivity contribution in [2.75, 3.05) is 5.32 Å². The van der Waals surface area contributed by atoms with E-state index in [0.717, 1.165) is 16.6 Å². The summed E-state index contributed by atoms with van der Waals surface area (Å²) in [7, 11) is 0. The highest BCUT2D eigenvalue weighted by Crippen LogP contribution is 2.24. The molecule has 0 bridgehead atoms. The van der Waals surface area contributed by atoms with Crippen LogP contribution in [0.15, 0.2) is 53.9 Å². The van der Waals surface area contributed by atoms with Crippen molar-refractivity contribution in [3.8, 4) is 10.6 Å². The highest BCUT2D eigenvalue weighted by molar-refractivity contribution is 7.13. The van der Waals surface area contributed by atoms with E-state index in [1.54, 1.807) is 5.38 Å². The molecule has 110 valence electrons. The van der Waals surface area contributed by atoms with Crippen LogP contribution < -0.4 is 5.32 Å². The summed E-state index contributed by atoms with van der Waals surface area (Å²) in [6.45, 7) is 0. The van der Waals surface area contributed by atoms with E-state index in [4.69, 9.17) is 11.6 Å². The summed E-state index contributed by atoms with van der Waals surface area (Å²) in [5.41, 5.74) is 1.26. The van der Waals surface area contributed by atoms with Gasteiger partial charge in [0.2, 0.25) is 0 Å². The maximum Gasteiger partial charge on any atom is 0.275 e. The zero-order valence-corrected chi connectivity index (χ0v) is 12.8. The summed E-state index contributed by atoms with van der Waals surface area (Å²) >= 11 is 7.04. The number of carbonyl (C=O) groups excluding carboxylic acids is 1. The molecule has 0 radical (unpaired) electrons. The summed E-state index contributed by atoms with van der Waals surface area (Å²) < 4.78 is 13.7. The highest BCUT2D eigenvalue weighted by Gasteiger charge is 2.14. The second-order valence-corrected chi connectivity index (χ2v) is 5.78. The molecule has 1 aromatic heterocycles. The van der Waals surface area contributed by atoms with Gasteiger partial charge in [0.25, 0.3) is 5.91 Å². The predicted molar refractivity (Wildman–Crippen MR) is 86.9 cm³/mol. The molecule has 0 aliphatic carbocycles. The standard InChI is InChI=1S/C16H10ClFN2OS/c17-11-6-7-13(12(18)8-11)19-15(21)14-9-22-16(20-14)10-4-2-1-3-5-10/h1-9H,(H,19,21). The lowest BCUT2D eigenvalue weighted by Crippen LogP contribution is -2.13. The summed E-state index contributed by atoms with van der Waals surface area (Å²) in [5, 5.41) is 5.15. The number of hydrogen-bond donors (Lipinski definition) is 1. The molecule has 3 nitrogen and oxygen atoms in total. The monoisotopic (exact) mass is 332 g/mol. The number of anilines is 1. The molecule has 2 aromatic carbocycles. The number of halogens is 2. The Hall–Kier alpha value is -2.24. The molecule has 0 aliphatic rings. The fraction of sp³-hybridized carbons (Fsp3) is 0. The lowest BCUT2D eigenvalue weighted by Gasteiger charge is -2.04. The van der Waals surface area contributed by atoms with E-state index in [1.807, 2.05) is 30.3 Å².